The van der Waals surface area contributed by atoms with Crippen molar-refractivity contribution in [1.82, 2.24) is 0 Å². The molecule has 0 bridgehead atoms. The lowest BCUT2D eigenvalue weighted by atomic mass is 8.35. The van der Waals surface area contributed by atoms with Crippen LogP contribution in [0.2, 0.25) is 0 Å². The smallest absolute Gasteiger partial charge is 0.000715 e. The van der Waals surface area contributed by atoms with Crippen LogP contribution in [0, 0.1) is 300 Å². The molecule has 27 spiro atoms. The molecule has 0 amide bonds. The summed E-state index contributed by atoms with van der Waals surface area (Å²) >= 11 is 0. The molecule has 53 unspecified atom stereocenters. The molecule has 53 atom stereocenters. The van der Waals surface area contributed by atoms with E-state index in [0.29, 0.717) is 0 Å². The highest BCUT2D eigenvalue weighted by molar-refractivity contribution is 6.14. The second kappa shape index (κ2) is 3.31. The van der Waals surface area contributed by atoms with E-state index in [1.165, 1.54) is 154 Å². The van der Waals surface area contributed by atoms with Crippen molar-refractivity contribution in [2.24, 2.45) is 300 Å². The van der Waals surface area contributed by atoms with E-state index in [9.17, 15) is 0 Å². The van der Waals surface area contributed by atoms with E-state index >= 15 is 0 Å². The van der Waals surface area contributed by atoms with Gasteiger partial charge in [0.25, 0.3) is 0 Å². The third kappa shape index (κ3) is 0.478. The average Bonchev–Trinajstić information content (AvgIpc) is 3.11. The third-order valence-corrected chi connectivity index (χ3v) is 49.9. The normalized spacial score (nSPS) is 134. The standard InChI is InChI=1S/C60H42/c1-3-8(2)4-9-16-19-12-7-15-22-26-29-32-28-24-20-13-5-10-18-11-6-14-21-25-30-33-31-27-23-17(9)37(16)39(19)36(12,15)42(22)46(26)49(29)52(32)48(28)44(24)40(20)34(10,13)38(18)35(11,14)41(21)45(25)50(30)53(33)51(31)47(27)43(23,37)55(39,42)57(46,47)59(49,51)60(52,53)58(48,50)56(44,45)54(38,40)41/h8-33H,3-7H2,1-2H3. The largest absolute Gasteiger partial charge is 0.0651 e. The molecule has 40 aliphatic carbocycles. The van der Waals surface area contributed by atoms with E-state index in [4.69, 9.17) is 0 Å². The van der Waals surface area contributed by atoms with Gasteiger partial charge in [0.15, 0.2) is 0 Å². The lowest BCUT2D eigenvalue weighted by Gasteiger charge is -3.67. The predicted octanol–water partition coefficient (Wildman–Crippen LogP) is 6.17. The van der Waals surface area contributed by atoms with Crippen molar-refractivity contribution >= 4 is 0 Å². The van der Waals surface area contributed by atoms with Crippen LogP contribution in [0.5, 0.6) is 0 Å². The minimum absolute atomic E-state index is 1.03. The lowest BCUT2D eigenvalue weighted by molar-refractivity contribution is -1.23. The second-order valence-corrected chi connectivity index (χ2v) is 37.9. The van der Waals surface area contributed by atoms with E-state index in [0.717, 1.165) is 152 Å². The Morgan fingerprint density at radius 3 is 1.00 bits per heavy atom. The first kappa shape index (κ1) is 21.3. The highest BCUT2D eigenvalue weighted by atomic mass is 15.7. The Kier molecular flexibility index (Phi) is 1.17. The summed E-state index contributed by atoms with van der Waals surface area (Å²) in [6.45, 7) is 5.33. The van der Waals surface area contributed by atoms with E-state index in [-0.39, 0.29) is 0 Å². The van der Waals surface area contributed by atoms with Crippen molar-refractivity contribution in [3.05, 3.63) is 0 Å². The monoisotopic (exact) mass is 762 g/mol. The molecule has 0 aromatic heterocycles. The van der Waals surface area contributed by atoms with Crippen LogP contribution in [-0.4, -0.2) is 0 Å². The molecule has 0 N–H and O–H groups in total. The van der Waals surface area contributed by atoms with Gasteiger partial charge < -0.3 is 0 Å². The van der Waals surface area contributed by atoms with Gasteiger partial charge in [-0.1, -0.05) is 20.3 Å². The molecule has 0 aromatic carbocycles. The molecule has 40 fully saturated rings. The molecular formula is C60H42. The number of rotatable bonds is 3. The van der Waals surface area contributed by atoms with Crippen LogP contribution in [0.1, 0.15) is 46.0 Å². The van der Waals surface area contributed by atoms with Crippen LogP contribution in [0.3, 0.4) is 0 Å². The van der Waals surface area contributed by atoms with Gasteiger partial charge in [0.05, 0.1) is 0 Å². The van der Waals surface area contributed by atoms with Crippen molar-refractivity contribution in [2.45, 2.75) is 46.0 Å². The highest BCUT2D eigenvalue weighted by Gasteiger charge is 3.70. The number of hydrogen-bond acceptors (Lipinski definition) is 0. The molecule has 0 heterocycles. The van der Waals surface area contributed by atoms with Crippen LogP contribution >= 0.6 is 0 Å². The van der Waals surface area contributed by atoms with Crippen molar-refractivity contribution in [3.8, 4) is 0 Å². The van der Waals surface area contributed by atoms with Gasteiger partial charge in [0.1, 0.15) is 0 Å². The van der Waals surface area contributed by atoms with Gasteiger partial charge in [-0.3, -0.25) is 0 Å². The van der Waals surface area contributed by atoms with E-state index in [1.807, 2.05) is 19.3 Å². The average molecular weight is 763 g/mol. The number of hydrogen-bond donors (Lipinski definition) is 0. The van der Waals surface area contributed by atoms with Gasteiger partial charge in [0, 0.05) is 0 Å². The maximum Gasteiger partial charge on any atom is -0.000715 e. The molecule has 0 aromatic rings. The van der Waals surface area contributed by atoms with E-state index < -0.39 is 0 Å². The van der Waals surface area contributed by atoms with E-state index in [1.54, 1.807) is 6.42 Å². The van der Waals surface area contributed by atoms with Gasteiger partial charge in [-0.2, -0.15) is 0 Å². The zero-order valence-corrected chi connectivity index (χ0v) is 34.0. The van der Waals surface area contributed by atoms with Crippen LogP contribution in [0.25, 0.3) is 0 Å². The summed E-state index contributed by atoms with van der Waals surface area (Å²) in [4.78, 5) is 0. The molecular weight excluding hydrogens is 721 g/mol. The Bertz CT molecular complexity index is 3890. The summed E-state index contributed by atoms with van der Waals surface area (Å²) in [6.07, 6.45) is 8.75. The van der Waals surface area contributed by atoms with Crippen LogP contribution in [0.15, 0.2) is 0 Å². The van der Waals surface area contributed by atoms with Crippen molar-refractivity contribution in [3.63, 3.8) is 0 Å². The summed E-state index contributed by atoms with van der Waals surface area (Å²) in [5.41, 5.74) is 30.1. The van der Waals surface area contributed by atoms with Gasteiger partial charge >= 0.3 is 0 Å². The predicted molar refractivity (Wildman–Crippen MR) is 191 cm³/mol. The molecule has 0 aliphatic heterocycles. The maximum atomic E-state index is 2.74. The molecule has 40 rings (SSSR count). The fourth-order valence-electron chi connectivity index (χ4n) is 63.0. The third-order valence-electron chi connectivity index (χ3n) is 49.9. The van der Waals surface area contributed by atoms with E-state index in [2.05, 4.69) is 13.8 Å². The Labute approximate surface area is 344 Å². The summed E-state index contributed by atoms with van der Waals surface area (Å²) in [6, 6.07) is 0. The Morgan fingerprint density at radius 2 is 0.583 bits per heavy atom. The SMILES string of the molecule is CCC(C)CC1C2C3C4CC5C6C7C8C9C%10C%11C%12C%13CC%14C%15C%16CC%17C%18C%19C%20C%21C%22C%23C%24C1C21C32C45C63C74C85C96C%107C%118C%129C%14%13C%15%10C%16%17C%18%11C%19%12C%20%13C%21%14C%22%15C%23%16C%241C23C4%16C5%15C6%14C7%13C8%12C%109%11. The Morgan fingerprint density at radius 1 is 0.300 bits per heavy atom. The maximum absolute atomic E-state index is 2.74. The van der Waals surface area contributed by atoms with Gasteiger partial charge in [-0.25, -0.2) is 0 Å². The minimum atomic E-state index is 1.03. The summed E-state index contributed by atoms with van der Waals surface area (Å²) in [7, 11) is 0. The lowest BCUT2D eigenvalue weighted by Crippen LogP contribution is -3.66. The first-order valence-corrected chi connectivity index (χ1v) is 29.7. The molecule has 0 heteroatoms. The first-order valence-electron chi connectivity index (χ1n) is 29.7. The van der Waals surface area contributed by atoms with Gasteiger partial charge in [-0.15, -0.1) is 0 Å². The van der Waals surface area contributed by atoms with Crippen LogP contribution < -0.4 is 0 Å². The summed E-state index contributed by atoms with van der Waals surface area (Å²) in [5, 5.41) is 0. The van der Waals surface area contributed by atoms with Crippen molar-refractivity contribution < 1.29 is 0 Å². The van der Waals surface area contributed by atoms with Crippen molar-refractivity contribution in [2.75, 3.05) is 0 Å². The van der Waals surface area contributed by atoms with Crippen molar-refractivity contribution in [1.29, 1.82) is 0 Å². The van der Waals surface area contributed by atoms with Gasteiger partial charge in [-0.05, 0) is 326 Å². The molecule has 282 valence electrons. The fourth-order valence-corrected chi connectivity index (χ4v) is 63.0. The number of fused-ring (bicyclic) bond motifs is 20. The zero-order valence-electron chi connectivity index (χ0n) is 34.0. The molecule has 0 nitrogen and oxygen atoms in total. The van der Waals surface area contributed by atoms with Gasteiger partial charge in [0.2, 0.25) is 0 Å². The summed E-state index contributed by atoms with van der Waals surface area (Å²) < 4.78 is 0. The second-order valence-electron chi connectivity index (χ2n) is 37.9. The molecule has 40 aliphatic rings. The zero-order chi connectivity index (χ0) is 34.0. The van der Waals surface area contributed by atoms with Crippen LogP contribution in [0.4, 0.5) is 0 Å². The Hall–Kier alpha value is 0. The fraction of sp³-hybridized carbons (Fsp3) is 1.00. The minimum Gasteiger partial charge on any atom is -0.0651 e. The molecule has 40 saturated carbocycles. The quantitative estimate of drug-likeness (QED) is 0.323. The highest BCUT2D eigenvalue weighted by Crippen LogP contribution is 3.71. The topological polar surface area (TPSA) is 0 Å². The summed E-state index contributed by atoms with van der Waals surface area (Å²) in [5.74, 6) is 35.7. The molecule has 0 radical (unpaired) electrons. The molecule has 0 saturated heterocycles. The van der Waals surface area contributed by atoms with Crippen LogP contribution in [-0.2, 0) is 0 Å². The Balaban J connectivity index is 0.726. The molecule has 60 heavy (non-hydrogen) atoms. The first-order chi connectivity index (χ1) is 29.7.